The molecule has 1 N–H and O–H groups in total. The highest BCUT2D eigenvalue weighted by Crippen LogP contribution is 2.29. The molecule has 2 rings (SSSR count). The number of hydrogen-bond donors (Lipinski definition) is 1. The molecule has 150 valence electrons. The van der Waals surface area contributed by atoms with Gasteiger partial charge in [-0.05, 0) is 24.3 Å². The number of carbonyl (C=O) groups excluding carboxylic acids is 2. The average molecular weight is 399 g/mol. The Kier molecular flexibility index (Phi) is 6.06. The van der Waals surface area contributed by atoms with Gasteiger partial charge in [-0.2, -0.15) is 13.2 Å². The monoisotopic (exact) mass is 399 g/mol. The maximum atomic E-state index is 12.5. The van der Waals surface area contributed by atoms with Crippen LogP contribution in [0.15, 0.2) is 39.9 Å². The summed E-state index contributed by atoms with van der Waals surface area (Å²) in [7, 11) is 2.70. The van der Waals surface area contributed by atoms with E-state index in [4.69, 9.17) is 4.74 Å². The van der Waals surface area contributed by atoms with E-state index in [0.717, 1.165) is 39.5 Å². The van der Waals surface area contributed by atoms with Crippen LogP contribution in [0.25, 0.3) is 0 Å². The van der Waals surface area contributed by atoms with Crippen LogP contribution in [0.1, 0.15) is 21.6 Å². The Bertz CT molecular complexity index is 1010. The number of aromatic nitrogens is 2. The van der Waals surface area contributed by atoms with E-state index in [0.29, 0.717) is 0 Å². The largest absolute Gasteiger partial charge is 0.458 e. The Labute approximate surface area is 156 Å². The summed E-state index contributed by atoms with van der Waals surface area (Å²) in [6, 6.07) is 4.61. The number of benzene rings is 1. The number of amides is 1. The van der Waals surface area contributed by atoms with Crippen LogP contribution in [-0.4, -0.2) is 27.6 Å². The van der Waals surface area contributed by atoms with E-state index in [9.17, 15) is 32.3 Å². The fraction of sp³-hybridized carbons (Fsp3) is 0.294. The van der Waals surface area contributed by atoms with Crippen molar-refractivity contribution in [1.82, 2.24) is 14.5 Å². The first-order chi connectivity index (χ1) is 13.0. The van der Waals surface area contributed by atoms with Crippen molar-refractivity contribution in [2.45, 2.75) is 12.8 Å². The van der Waals surface area contributed by atoms with E-state index in [1.165, 1.54) is 14.1 Å². The molecule has 1 aromatic carbocycles. The quantitative estimate of drug-likeness (QED) is 0.742. The number of rotatable bonds is 5. The van der Waals surface area contributed by atoms with Crippen LogP contribution in [-0.2, 0) is 36.4 Å². The summed E-state index contributed by atoms with van der Waals surface area (Å²) >= 11 is 0. The second-order valence-corrected chi connectivity index (χ2v) is 5.79. The summed E-state index contributed by atoms with van der Waals surface area (Å²) in [6.07, 6.45) is -4.52. The smallest absolute Gasteiger partial charge is 0.416 e. The van der Waals surface area contributed by atoms with Crippen molar-refractivity contribution in [2.75, 3.05) is 6.54 Å². The van der Waals surface area contributed by atoms with E-state index in [2.05, 4.69) is 5.32 Å². The highest BCUT2D eigenvalue weighted by Gasteiger charge is 2.30. The molecule has 0 aliphatic rings. The molecule has 0 spiro atoms. The van der Waals surface area contributed by atoms with Gasteiger partial charge in [0.2, 0.25) is 0 Å². The molecule has 0 saturated heterocycles. The van der Waals surface area contributed by atoms with E-state index >= 15 is 0 Å². The molecular formula is C17H16F3N3O5. The van der Waals surface area contributed by atoms with Crippen molar-refractivity contribution in [3.05, 3.63) is 68.0 Å². The third-order valence-electron chi connectivity index (χ3n) is 3.87. The molecule has 11 heteroatoms. The molecule has 0 fully saturated rings. The highest BCUT2D eigenvalue weighted by molar-refractivity contribution is 5.95. The second-order valence-electron chi connectivity index (χ2n) is 5.79. The number of hydrogen-bond acceptors (Lipinski definition) is 5. The molecule has 0 aliphatic carbocycles. The zero-order valence-electron chi connectivity index (χ0n) is 14.9. The summed E-state index contributed by atoms with van der Waals surface area (Å²) in [5.41, 5.74) is -1.95. The average Bonchev–Trinajstić information content (AvgIpc) is 2.65. The number of esters is 1. The van der Waals surface area contributed by atoms with Crippen LogP contribution >= 0.6 is 0 Å². The highest BCUT2D eigenvalue weighted by atomic mass is 19.4. The molecule has 0 atom stereocenters. The maximum absolute atomic E-state index is 12.5. The van der Waals surface area contributed by atoms with Gasteiger partial charge in [0.05, 0.1) is 11.3 Å². The predicted octanol–water partition coefficient (Wildman–Crippen LogP) is 0.576. The van der Waals surface area contributed by atoms with Gasteiger partial charge in [0.15, 0.2) is 0 Å². The van der Waals surface area contributed by atoms with Gasteiger partial charge in [0.1, 0.15) is 13.2 Å². The summed E-state index contributed by atoms with van der Waals surface area (Å²) in [5, 5.41) is 2.21. The fourth-order valence-electron chi connectivity index (χ4n) is 2.19. The van der Waals surface area contributed by atoms with Gasteiger partial charge in [0, 0.05) is 25.7 Å². The maximum Gasteiger partial charge on any atom is 0.416 e. The zero-order valence-corrected chi connectivity index (χ0v) is 14.9. The molecule has 0 saturated carbocycles. The second kappa shape index (κ2) is 8.11. The van der Waals surface area contributed by atoms with Crippen LogP contribution in [0.5, 0.6) is 0 Å². The van der Waals surface area contributed by atoms with Crippen molar-refractivity contribution in [3.8, 4) is 0 Å². The molecule has 28 heavy (non-hydrogen) atoms. The van der Waals surface area contributed by atoms with Gasteiger partial charge in [-0.25, -0.2) is 4.79 Å². The van der Waals surface area contributed by atoms with Gasteiger partial charge in [0.25, 0.3) is 11.5 Å². The summed E-state index contributed by atoms with van der Waals surface area (Å²) in [6.45, 7) is -0.907. The topological polar surface area (TPSA) is 99.4 Å². The van der Waals surface area contributed by atoms with Crippen molar-refractivity contribution in [3.63, 3.8) is 0 Å². The third-order valence-corrected chi connectivity index (χ3v) is 3.87. The number of ether oxygens (including phenoxy) is 1. The summed E-state index contributed by atoms with van der Waals surface area (Å²) in [5.74, 6) is -1.61. The Morgan fingerprint density at radius 2 is 1.68 bits per heavy atom. The van der Waals surface area contributed by atoms with Gasteiger partial charge >= 0.3 is 17.8 Å². The lowest BCUT2D eigenvalue weighted by atomic mass is 10.1. The number of halogens is 3. The van der Waals surface area contributed by atoms with Crippen molar-refractivity contribution in [2.24, 2.45) is 14.1 Å². The summed E-state index contributed by atoms with van der Waals surface area (Å²) in [4.78, 5) is 47.0. The lowest BCUT2D eigenvalue weighted by Crippen LogP contribution is -2.38. The molecule has 0 radical (unpaired) electrons. The minimum atomic E-state index is -4.52. The Balaban J connectivity index is 1.92. The minimum Gasteiger partial charge on any atom is -0.458 e. The summed E-state index contributed by atoms with van der Waals surface area (Å²) < 4.78 is 44.4. The number of carbonyl (C=O) groups is 2. The zero-order chi connectivity index (χ0) is 21.1. The normalized spacial score (nSPS) is 11.2. The van der Waals surface area contributed by atoms with Crippen molar-refractivity contribution < 1.29 is 27.5 Å². The molecule has 0 unspecified atom stereocenters. The molecule has 2 aromatic rings. The van der Waals surface area contributed by atoms with Crippen LogP contribution in [0, 0.1) is 0 Å². The van der Waals surface area contributed by atoms with Gasteiger partial charge < -0.3 is 10.1 Å². The lowest BCUT2D eigenvalue weighted by molar-refractivity contribution is -0.144. The molecule has 1 aromatic heterocycles. The van der Waals surface area contributed by atoms with Crippen molar-refractivity contribution >= 4 is 11.9 Å². The van der Waals surface area contributed by atoms with Gasteiger partial charge in [-0.1, -0.05) is 0 Å². The molecule has 8 nitrogen and oxygen atoms in total. The SMILES string of the molecule is Cn1c(COC(=O)CNC(=O)c2ccc(C(F)(F)F)cc2)cc(=O)n(C)c1=O. The Morgan fingerprint density at radius 1 is 1.07 bits per heavy atom. The lowest BCUT2D eigenvalue weighted by Gasteiger charge is -2.11. The first kappa shape index (κ1) is 20.9. The molecule has 1 amide bonds. The van der Waals surface area contributed by atoms with Gasteiger partial charge in [-0.3, -0.25) is 23.5 Å². The van der Waals surface area contributed by atoms with E-state index in [1.54, 1.807) is 0 Å². The first-order valence-corrected chi connectivity index (χ1v) is 7.87. The minimum absolute atomic E-state index is 0.0604. The van der Waals surface area contributed by atoms with Crippen LogP contribution < -0.4 is 16.6 Å². The molecule has 0 aliphatic heterocycles. The number of nitrogens with zero attached hydrogens (tertiary/aromatic N) is 2. The number of nitrogens with one attached hydrogen (secondary N) is 1. The van der Waals surface area contributed by atoms with E-state index in [-0.39, 0.29) is 17.9 Å². The fourth-order valence-corrected chi connectivity index (χ4v) is 2.19. The molecular weight excluding hydrogens is 383 g/mol. The first-order valence-electron chi connectivity index (χ1n) is 7.87. The third kappa shape index (κ3) is 4.87. The van der Waals surface area contributed by atoms with Crippen LogP contribution in [0.2, 0.25) is 0 Å². The Morgan fingerprint density at radius 3 is 2.25 bits per heavy atom. The molecule has 0 bridgehead atoms. The van der Waals surface area contributed by atoms with Crippen LogP contribution in [0.4, 0.5) is 13.2 Å². The molecule has 1 heterocycles. The Hall–Kier alpha value is -3.37. The van der Waals surface area contributed by atoms with Crippen molar-refractivity contribution in [1.29, 1.82) is 0 Å². The standard InChI is InChI=1S/C17H16F3N3O5/c1-22-12(7-13(24)23(2)16(22)27)9-28-14(25)8-21-15(26)10-3-5-11(6-4-10)17(18,19)20/h3-7H,8-9H2,1-2H3,(H,21,26). The van der Waals surface area contributed by atoms with Crippen LogP contribution in [0.3, 0.4) is 0 Å². The van der Waals surface area contributed by atoms with E-state index in [1.807, 2.05) is 0 Å². The van der Waals surface area contributed by atoms with Gasteiger partial charge in [-0.15, -0.1) is 0 Å². The van der Waals surface area contributed by atoms with E-state index < -0.39 is 41.4 Å². The number of alkyl halides is 3. The predicted molar refractivity (Wildman–Crippen MR) is 90.5 cm³/mol.